The van der Waals surface area contributed by atoms with Crippen molar-refractivity contribution in [3.63, 3.8) is 0 Å². The molecule has 6 nitrogen and oxygen atoms in total. The Morgan fingerprint density at radius 2 is 2.50 bits per heavy atom. The molecule has 0 radical (unpaired) electrons. The number of hydrogen-bond acceptors (Lipinski definition) is 5. The summed E-state index contributed by atoms with van der Waals surface area (Å²) < 4.78 is 5.50. The number of nitrogens with zero attached hydrogens (tertiary/aromatic N) is 2. The highest BCUT2D eigenvalue weighted by Crippen LogP contribution is 2.10. The molecule has 2 rings (SSSR count). The van der Waals surface area contributed by atoms with E-state index in [1.165, 1.54) is 0 Å². The van der Waals surface area contributed by atoms with E-state index in [2.05, 4.69) is 22.1 Å². The van der Waals surface area contributed by atoms with Crippen LogP contribution in [0.1, 0.15) is 12.5 Å². The van der Waals surface area contributed by atoms with Crippen LogP contribution in [0.5, 0.6) is 0 Å². The van der Waals surface area contributed by atoms with E-state index in [0.717, 1.165) is 18.7 Å². The molecule has 0 saturated carbocycles. The maximum absolute atomic E-state index is 12.1. The van der Waals surface area contributed by atoms with Gasteiger partial charge in [0.2, 0.25) is 0 Å². The first kappa shape index (κ1) is 14.9. The first-order chi connectivity index (χ1) is 9.72. The molecule has 2 heterocycles. The standard InChI is InChI=1S/C14H21N3O3/c1-2-17-6-8-20-12(10-17)14(19)16-13-9-11(4-7-18)3-5-15-13/h3,5,9,12,18H,2,4,6-8,10H2,1H3,(H,15,16,19). The van der Waals surface area contributed by atoms with E-state index >= 15 is 0 Å². The van der Waals surface area contributed by atoms with Crippen LogP contribution in [-0.4, -0.2) is 59.8 Å². The lowest BCUT2D eigenvalue weighted by Crippen LogP contribution is -2.47. The van der Waals surface area contributed by atoms with E-state index in [-0.39, 0.29) is 12.5 Å². The van der Waals surface area contributed by atoms with Gasteiger partial charge in [-0.15, -0.1) is 0 Å². The molecule has 1 atom stereocenters. The van der Waals surface area contributed by atoms with Crippen LogP contribution in [0.4, 0.5) is 5.82 Å². The van der Waals surface area contributed by atoms with Gasteiger partial charge in [0.15, 0.2) is 0 Å². The first-order valence-electron chi connectivity index (χ1n) is 6.93. The summed E-state index contributed by atoms with van der Waals surface area (Å²) in [5.74, 6) is 0.329. The molecule has 0 aliphatic carbocycles. The van der Waals surface area contributed by atoms with E-state index in [1.54, 1.807) is 12.3 Å². The minimum absolute atomic E-state index is 0.0780. The average Bonchev–Trinajstić information content (AvgIpc) is 2.48. The fourth-order valence-corrected chi connectivity index (χ4v) is 2.18. The summed E-state index contributed by atoms with van der Waals surface area (Å²) in [4.78, 5) is 18.4. The molecule has 1 fully saturated rings. The summed E-state index contributed by atoms with van der Waals surface area (Å²) in [6.45, 7) is 5.11. The Kier molecular flexibility index (Phi) is 5.46. The summed E-state index contributed by atoms with van der Waals surface area (Å²) in [5.41, 5.74) is 0.942. The molecule has 1 aromatic rings. The molecule has 0 aromatic carbocycles. The van der Waals surface area contributed by atoms with Gasteiger partial charge in [-0.25, -0.2) is 4.98 Å². The Morgan fingerprint density at radius 1 is 1.65 bits per heavy atom. The highest BCUT2D eigenvalue weighted by molar-refractivity contribution is 5.93. The van der Waals surface area contributed by atoms with Crippen molar-refractivity contribution in [2.45, 2.75) is 19.4 Å². The second-order valence-corrected chi connectivity index (χ2v) is 4.76. The number of carbonyl (C=O) groups is 1. The number of hydrogen-bond donors (Lipinski definition) is 2. The summed E-state index contributed by atoms with van der Waals surface area (Å²) >= 11 is 0. The largest absolute Gasteiger partial charge is 0.396 e. The van der Waals surface area contributed by atoms with Gasteiger partial charge in [-0.2, -0.15) is 0 Å². The predicted octanol–water partition coefficient (Wildman–Crippen LogP) is 0.276. The van der Waals surface area contributed by atoms with Crippen LogP contribution >= 0.6 is 0 Å². The number of aliphatic hydroxyl groups is 1. The van der Waals surface area contributed by atoms with E-state index in [0.29, 0.717) is 25.4 Å². The van der Waals surface area contributed by atoms with Crippen LogP contribution in [0.3, 0.4) is 0 Å². The van der Waals surface area contributed by atoms with E-state index < -0.39 is 6.10 Å². The van der Waals surface area contributed by atoms with Crippen LogP contribution in [-0.2, 0) is 16.0 Å². The quantitative estimate of drug-likeness (QED) is 0.809. The molecular weight excluding hydrogens is 258 g/mol. The van der Waals surface area contributed by atoms with Crippen molar-refractivity contribution in [3.8, 4) is 0 Å². The molecule has 1 aliphatic heterocycles. The van der Waals surface area contributed by atoms with Crippen LogP contribution in [0.25, 0.3) is 0 Å². The Bertz CT molecular complexity index is 453. The number of amides is 1. The molecule has 0 bridgehead atoms. The molecule has 6 heteroatoms. The third-order valence-corrected chi connectivity index (χ3v) is 3.37. The zero-order valence-electron chi connectivity index (χ0n) is 11.7. The smallest absolute Gasteiger partial charge is 0.255 e. The maximum Gasteiger partial charge on any atom is 0.255 e. The monoisotopic (exact) mass is 279 g/mol. The zero-order chi connectivity index (χ0) is 14.4. The average molecular weight is 279 g/mol. The third-order valence-electron chi connectivity index (χ3n) is 3.37. The molecular formula is C14H21N3O3. The lowest BCUT2D eigenvalue weighted by molar-refractivity contribution is -0.132. The van der Waals surface area contributed by atoms with Gasteiger partial charge in [-0.05, 0) is 30.7 Å². The van der Waals surface area contributed by atoms with Crippen molar-refractivity contribution in [3.05, 3.63) is 23.9 Å². The molecule has 20 heavy (non-hydrogen) atoms. The molecule has 1 saturated heterocycles. The molecule has 1 aliphatic rings. The number of aromatic nitrogens is 1. The number of aliphatic hydroxyl groups excluding tert-OH is 1. The van der Waals surface area contributed by atoms with Crippen molar-refractivity contribution < 1.29 is 14.6 Å². The number of likely N-dealkylation sites (N-methyl/N-ethyl adjacent to an activating group) is 1. The van der Waals surface area contributed by atoms with Crippen LogP contribution < -0.4 is 5.32 Å². The van der Waals surface area contributed by atoms with Crippen molar-refractivity contribution in [1.82, 2.24) is 9.88 Å². The van der Waals surface area contributed by atoms with Crippen molar-refractivity contribution in [2.75, 3.05) is 38.2 Å². The fraction of sp³-hybridized carbons (Fsp3) is 0.571. The summed E-state index contributed by atoms with van der Waals surface area (Å²) in [7, 11) is 0. The van der Waals surface area contributed by atoms with Crippen LogP contribution in [0.2, 0.25) is 0 Å². The molecule has 1 amide bonds. The topological polar surface area (TPSA) is 74.7 Å². The number of anilines is 1. The number of morpholine rings is 1. The molecule has 1 aromatic heterocycles. The van der Waals surface area contributed by atoms with Gasteiger partial charge in [0.05, 0.1) is 6.61 Å². The van der Waals surface area contributed by atoms with Gasteiger partial charge < -0.3 is 15.2 Å². The summed E-state index contributed by atoms with van der Waals surface area (Å²) in [6.07, 6.45) is 1.72. The Hall–Kier alpha value is -1.50. The van der Waals surface area contributed by atoms with Gasteiger partial charge >= 0.3 is 0 Å². The number of pyridine rings is 1. The molecule has 110 valence electrons. The van der Waals surface area contributed by atoms with E-state index in [4.69, 9.17) is 9.84 Å². The lowest BCUT2D eigenvalue weighted by atomic mass is 10.2. The highest BCUT2D eigenvalue weighted by atomic mass is 16.5. The Labute approximate surface area is 118 Å². The summed E-state index contributed by atoms with van der Waals surface area (Å²) in [6, 6.07) is 3.59. The minimum atomic E-state index is -0.452. The SMILES string of the molecule is CCN1CCOC(C(=O)Nc2cc(CCO)ccn2)C1. The van der Waals surface area contributed by atoms with Gasteiger partial charge in [0.25, 0.3) is 5.91 Å². The number of ether oxygens (including phenoxy) is 1. The Balaban J connectivity index is 1.95. The van der Waals surface area contributed by atoms with Crippen molar-refractivity contribution >= 4 is 11.7 Å². The summed E-state index contributed by atoms with van der Waals surface area (Å²) in [5, 5.41) is 11.7. The maximum atomic E-state index is 12.1. The van der Waals surface area contributed by atoms with Crippen molar-refractivity contribution in [2.24, 2.45) is 0 Å². The van der Waals surface area contributed by atoms with Gasteiger partial charge in [-0.3, -0.25) is 9.69 Å². The highest BCUT2D eigenvalue weighted by Gasteiger charge is 2.26. The third kappa shape index (κ3) is 4.00. The number of nitrogens with one attached hydrogen (secondary N) is 1. The lowest BCUT2D eigenvalue weighted by Gasteiger charge is -2.31. The molecule has 2 N–H and O–H groups in total. The van der Waals surface area contributed by atoms with Gasteiger partial charge in [-0.1, -0.05) is 6.92 Å². The molecule has 1 unspecified atom stereocenters. The second-order valence-electron chi connectivity index (χ2n) is 4.76. The van der Waals surface area contributed by atoms with E-state index in [1.807, 2.05) is 6.07 Å². The van der Waals surface area contributed by atoms with Crippen LogP contribution in [0.15, 0.2) is 18.3 Å². The predicted molar refractivity (Wildman–Crippen MR) is 75.5 cm³/mol. The number of carbonyl (C=O) groups excluding carboxylic acids is 1. The second kappa shape index (κ2) is 7.33. The first-order valence-corrected chi connectivity index (χ1v) is 6.93. The fourth-order valence-electron chi connectivity index (χ4n) is 2.18. The van der Waals surface area contributed by atoms with Crippen molar-refractivity contribution in [1.29, 1.82) is 0 Å². The Morgan fingerprint density at radius 3 is 3.25 bits per heavy atom. The van der Waals surface area contributed by atoms with Gasteiger partial charge in [0.1, 0.15) is 11.9 Å². The normalized spacial score (nSPS) is 19.8. The van der Waals surface area contributed by atoms with Crippen LogP contribution in [0, 0.1) is 0 Å². The zero-order valence-corrected chi connectivity index (χ0v) is 11.7. The number of rotatable bonds is 5. The van der Waals surface area contributed by atoms with Gasteiger partial charge in [0, 0.05) is 25.9 Å². The molecule has 0 spiro atoms. The minimum Gasteiger partial charge on any atom is -0.396 e. The van der Waals surface area contributed by atoms with E-state index in [9.17, 15) is 4.79 Å².